The summed E-state index contributed by atoms with van der Waals surface area (Å²) < 4.78 is 19.5. The Hall–Kier alpha value is -4.41. The molecule has 0 radical (unpaired) electrons. The normalized spacial score (nSPS) is 15.5. The van der Waals surface area contributed by atoms with Crippen LogP contribution in [0.3, 0.4) is 0 Å². The summed E-state index contributed by atoms with van der Waals surface area (Å²) in [4.78, 5) is 20.0. The minimum Gasteiger partial charge on any atom is -0.488 e. The largest absolute Gasteiger partial charge is 0.488 e. The van der Waals surface area contributed by atoms with Crippen LogP contribution in [0.5, 0.6) is 5.75 Å². The standard InChI is InChI=1S/C30H22FN3O2S/c1-2-34-29(35)28(37-30(34)33-24-14-12-23(31)13-15-24)17-26-25-10-6-5-7-20(25)11-16-27(26)36-19-22-9-4-3-8-21(22)18-32/h3-17H,2,19H2,1H3/b28-17+,33-30?. The Kier molecular flexibility index (Phi) is 7.02. The molecule has 5 rings (SSSR count). The van der Waals surface area contributed by atoms with E-state index in [1.54, 1.807) is 23.1 Å². The number of hydrogen-bond acceptors (Lipinski definition) is 5. The topological polar surface area (TPSA) is 65.7 Å². The molecule has 1 fully saturated rings. The molecule has 0 spiro atoms. The maximum Gasteiger partial charge on any atom is 0.266 e. The molecule has 37 heavy (non-hydrogen) atoms. The zero-order valence-corrected chi connectivity index (χ0v) is 20.8. The van der Waals surface area contributed by atoms with Gasteiger partial charge in [0.1, 0.15) is 18.2 Å². The van der Waals surface area contributed by atoms with E-state index in [4.69, 9.17) is 4.74 Å². The molecule has 0 atom stereocenters. The highest BCUT2D eigenvalue weighted by Crippen LogP contribution is 2.38. The summed E-state index contributed by atoms with van der Waals surface area (Å²) >= 11 is 1.28. The predicted molar refractivity (Wildman–Crippen MR) is 146 cm³/mol. The van der Waals surface area contributed by atoms with Crippen molar-refractivity contribution in [1.29, 1.82) is 5.26 Å². The molecular formula is C30H22FN3O2S. The molecule has 0 saturated carbocycles. The first-order chi connectivity index (χ1) is 18.1. The molecule has 1 amide bonds. The number of carbonyl (C=O) groups is 1. The summed E-state index contributed by atoms with van der Waals surface area (Å²) in [5.41, 5.74) is 2.70. The molecule has 0 N–H and O–H groups in total. The lowest BCUT2D eigenvalue weighted by atomic mass is 10.0. The van der Waals surface area contributed by atoms with Crippen molar-refractivity contribution in [1.82, 2.24) is 4.90 Å². The third kappa shape index (κ3) is 5.11. The number of benzene rings is 4. The van der Waals surface area contributed by atoms with E-state index in [0.29, 0.717) is 33.6 Å². The summed E-state index contributed by atoms with van der Waals surface area (Å²) in [6, 6.07) is 27.2. The van der Waals surface area contributed by atoms with E-state index in [1.165, 1.54) is 23.9 Å². The maximum atomic E-state index is 13.3. The van der Waals surface area contributed by atoms with Crippen molar-refractivity contribution in [3.8, 4) is 11.8 Å². The Labute approximate surface area is 218 Å². The van der Waals surface area contributed by atoms with Gasteiger partial charge in [-0.2, -0.15) is 5.26 Å². The van der Waals surface area contributed by atoms with Crippen LogP contribution in [0.2, 0.25) is 0 Å². The van der Waals surface area contributed by atoms with Crippen molar-refractivity contribution >= 4 is 45.4 Å². The lowest BCUT2D eigenvalue weighted by Gasteiger charge is -2.13. The fraction of sp³-hybridized carbons (Fsp3) is 0.100. The molecule has 7 heteroatoms. The highest BCUT2D eigenvalue weighted by molar-refractivity contribution is 8.18. The molecule has 0 aliphatic carbocycles. The zero-order chi connectivity index (χ0) is 25.8. The first kappa shape index (κ1) is 24.3. The minimum absolute atomic E-state index is 0.151. The molecule has 1 aliphatic heterocycles. The van der Waals surface area contributed by atoms with E-state index in [-0.39, 0.29) is 18.3 Å². The monoisotopic (exact) mass is 507 g/mol. The van der Waals surface area contributed by atoms with Crippen molar-refractivity contribution in [3.63, 3.8) is 0 Å². The van der Waals surface area contributed by atoms with Crippen LogP contribution in [0, 0.1) is 17.1 Å². The van der Waals surface area contributed by atoms with Crippen LogP contribution >= 0.6 is 11.8 Å². The second-order valence-electron chi connectivity index (χ2n) is 8.29. The Morgan fingerprint density at radius 1 is 1.03 bits per heavy atom. The third-order valence-corrected chi connectivity index (χ3v) is 6.99. The summed E-state index contributed by atoms with van der Waals surface area (Å²) in [6.07, 6.45) is 1.84. The smallest absolute Gasteiger partial charge is 0.266 e. The molecule has 1 saturated heterocycles. The van der Waals surface area contributed by atoms with Crippen molar-refractivity contribution < 1.29 is 13.9 Å². The van der Waals surface area contributed by atoms with Gasteiger partial charge in [-0.1, -0.05) is 48.5 Å². The second kappa shape index (κ2) is 10.7. The van der Waals surface area contributed by atoms with E-state index in [9.17, 15) is 14.4 Å². The van der Waals surface area contributed by atoms with Gasteiger partial charge < -0.3 is 4.74 Å². The number of nitrogens with zero attached hydrogens (tertiary/aromatic N) is 3. The number of thioether (sulfide) groups is 1. The average molecular weight is 508 g/mol. The molecule has 0 unspecified atom stereocenters. The highest BCUT2D eigenvalue weighted by atomic mass is 32.2. The van der Waals surface area contributed by atoms with E-state index in [2.05, 4.69) is 11.1 Å². The molecule has 0 aromatic heterocycles. The number of amidine groups is 1. The van der Waals surface area contributed by atoms with Gasteiger partial charge >= 0.3 is 0 Å². The molecule has 0 bridgehead atoms. The van der Waals surface area contributed by atoms with Gasteiger partial charge in [0, 0.05) is 17.7 Å². The quantitative estimate of drug-likeness (QED) is 0.262. The summed E-state index contributed by atoms with van der Waals surface area (Å²) in [7, 11) is 0. The number of halogens is 1. The van der Waals surface area contributed by atoms with Crippen LogP contribution in [-0.4, -0.2) is 22.5 Å². The van der Waals surface area contributed by atoms with Gasteiger partial charge in [-0.05, 0) is 71.9 Å². The van der Waals surface area contributed by atoms with Crippen LogP contribution in [-0.2, 0) is 11.4 Å². The first-order valence-corrected chi connectivity index (χ1v) is 12.6. The Balaban J connectivity index is 1.54. The fourth-order valence-electron chi connectivity index (χ4n) is 4.09. The van der Waals surface area contributed by atoms with Crippen molar-refractivity contribution in [2.45, 2.75) is 13.5 Å². The summed E-state index contributed by atoms with van der Waals surface area (Å²) in [5, 5.41) is 11.9. The second-order valence-corrected chi connectivity index (χ2v) is 9.30. The van der Waals surface area contributed by atoms with E-state index in [0.717, 1.165) is 21.9 Å². The van der Waals surface area contributed by atoms with Gasteiger partial charge in [0.15, 0.2) is 5.17 Å². The molecule has 1 heterocycles. The van der Waals surface area contributed by atoms with Gasteiger partial charge in [0.05, 0.1) is 22.2 Å². The Morgan fingerprint density at radius 2 is 1.78 bits per heavy atom. The molecule has 5 nitrogen and oxygen atoms in total. The fourth-order valence-corrected chi connectivity index (χ4v) is 5.13. The molecular weight excluding hydrogens is 485 g/mol. The van der Waals surface area contributed by atoms with Crippen LogP contribution in [0.1, 0.15) is 23.6 Å². The van der Waals surface area contributed by atoms with Crippen LogP contribution < -0.4 is 4.74 Å². The Morgan fingerprint density at radius 3 is 2.57 bits per heavy atom. The summed E-state index contributed by atoms with van der Waals surface area (Å²) in [6.45, 7) is 2.56. The van der Waals surface area contributed by atoms with Crippen molar-refractivity contribution in [3.05, 3.63) is 112 Å². The number of carbonyl (C=O) groups excluding carboxylic acids is 1. The van der Waals surface area contributed by atoms with Crippen molar-refractivity contribution in [2.24, 2.45) is 4.99 Å². The number of ether oxygens (including phenoxy) is 1. The molecule has 4 aromatic carbocycles. The van der Waals surface area contributed by atoms with Crippen molar-refractivity contribution in [2.75, 3.05) is 6.54 Å². The van der Waals surface area contributed by atoms with Gasteiger partial charge in [-0.3, -0.25) is 9.69 Å². The number of rotatable bonds is 6. The number of likely N-dealkylation sites (N-methyl/N-ethyl adjacent to an activating group) is 1. The summed E-state index contributed by atoms with van der Waals surface area (Å²) in [5.74, 6) is 0.120. The lowest BCUT2D eigenvalue weighted by molar-refractivity contribution is -0.122. The van der Waals surface area contributed by atoms with Crippen LogP contribution in [0.15, 0.2) is 94.8 Å². The SMILES string of the molecule is CCN1C(=O)/C(=C\c2c(OCc3ccccc3C#N)ccc3ccccc23)SC1=Nc1ccc(F)cc1. The first-order valence-electron chi connectivity index (χ1n) is 11.8. The number of aliphatic imine (C=N–C) groups is 1. The van der Waals surface area contributed by atoms with Gasteiger partial charge in [0.25, 0.3) is 5.91 Å². The molecule has 182 valence electrons. The zero-order valence-electron chi connectivity index (χ0n) is 20.0. The van der Waals surface area contributed by atoms with E-state index >= 15 is 0 Å². The van der Waals surface area contributed by atoms with Crippen LogP contribution in [0.25, 0.3) is 16.8 Å². The maximum absolute atomic E-state index is 13.3. The minimum atomic E-state index is -0.340. The van der Waals surface area contributed by atoms with E-state index < -0.39 is 0 Å². The van der Waals surface area contributed by atoms with Crippen LogP contribution in [0.4, 0.5) is 10.1 Å². The predicted octanol–water partition coefficient (Wildman–Crippen LogP) is 7.05. The van der Waals surface area contributed by atoms with Gasteiger partial charge in [-0.25, -0.2) is 9.38 Å². The number of hydrogen-bond donors (Lipinski definition) is 0. The number of fused-ring (bicyclic) bond motifs is 1. The average Bonchev–Trinajstić information content (AvgIpc) is 3.22. The van der Waals surface area contributed by atoms with Gasteiger partial charge in [0.2, 0.25) is 0 Å². The lowest BCUT2D eigenvalue weighted by Crippen LogP contribution is -2.28. The Bertz CT molecular complexity index is 1590. The highest BCUT2D eigenvalue weighted by Gasteiger charge is 2.32. The van der Waals surface area contributed by atoms with E-state index in [1.807, 2.05) is 67.6 Å². The number of amides is 1. The number of nitriles is 1. The molecule has 4 aromatic rings. The third-order valence-electron chi connectivity index (χ3n) is 5.98. The molecule has 1 aliphatic rings. The van der Waals surface area contributed by atoms with Gasteiger partial charge in [-0.15, -0.1) is 0 Å².